The fourth-order valence-electron chi connectivity index (χ4n) is 6.43. The molecule has 319 valence electrons. The van der Waals surface area contributed by atoms with Crippen molar-refractivity contribution in [2.75, 3.05) is 13.2 Å². The van der Waals surface area contributed by atoms with Crippen LogP contribution >= 0.6 is 22.7 Å². The molecule has 10 aromatic rings. The molecule has 8 aromatic carbocycles. The normalized spacial score (nSPS) is 11.3. The van der Waals surface area contributed by atoms with E-state index < -0.39 is 6.10 Å². The SMILES string of the molecule is O/C(=C\C(O)COc1ccc(-c2ccccc2)cc1)COc1ccc(-c2ccccc2)cc1.[Ir].[c-]1ccccc1-c1nc2ccccc2s1.[c-]1ccccc1-c1nc2ccccc2s1. The number of aliphatic hydroxyl groups is 2. The van der Waals surface area contributed by atoms with E-state index >= 15 is 0 Å². The van der Waals surface area contributed by atoms with Gasteiger partial charge in [0.15, 0.2) is 0 Å². The Labute approximate surface area is 394 Å². The number of benzene rings is 8. The monoisotopic (exact) mass is 1050 g/mol. The Morgan fingerprint density at radius 3 is 1.34 bits per heavy atom. The van der Waals surface area contributed by atoms with Crippen LogP contribution in [0.3, 0.4) is 0 Å². The first kappa shape index (κ1) is 45.3. The number of hydrogen-bond donors (Lipinski definition) is 2. The number of nitrogens with zero attached hydrogens (tertiary/aromatic N) is 2. The van der Waals surface area contributed by atoms with Crippen LogP contribution in [0.25, 0.3) is 63.8 Å². The number of ether oxygens (including phenoxy) is 2. The molecular weight excluding hydrogens is 1010 g/mol. The number of thiazole rings is 2. The van der Waals surface area contributed by atoms with E-state index in [-0.39, 0.29) is 39.1 Å². The molecule has 2 N–H and O–H groups in total. The molecule has 9 heteroatoms. The van der Waals surface area contributed by atoms with E-state index in [1.165, 1.54) is 15.5 Å². The molecule has 2 heterocycles. The summed E-state index contributed by atoms with van der Waals surface area (Å²) in [4.78, 5) is 9.14. The summed E-state index contributed by atoms with van der Waals surface area (Å²) in [5.74, 6) is 1.23. The van der Waals surface area contributed by atoms with Gasteiger partial charge in [-0.1, -0.05) is 109 Å². The first-order valence-corrected chi connectivity index (χ1v) is 22.0. The Morgan fingerprint density at radius 1 is 0.500 bits per heavy atom. The second-order valence-corrected chi connectivity index (χ2v) is 16.2. The van der Waals surface area contributed by atoms with E-state index in [0.717, 1.165) is 54.4 Å². The predicted octanol–water partition coefficient (Wildman–Crippen LogP) is 13.8. The fraction of sp³-hybridized carbons (Fsp3) is 0.0545. The third-order valence-corrected chi connectivity index (χ3v) is 11.7. The maximum atomic E-state index is 10.2. The van der Waals surface area contributed by atoms with E-state index in [1.54, 1.807) is 22.7 Å². The molecule has 64 heavy (non-hydrogen) atoms. The molecule has 0 saturated carbocycles. The molecule has 0 bridgehead atoms. The van der Waals surface area contributed by atoms with Gasteiger partial charge in [-0.15, -0.1) is 71.8 Å². The van der Waals surface area contributed by atoms with Crippen molar-refractivity contribution in [3.05, 3.63) is 230 Å². The molecule has 1 atom stereocenters. The maximum absolute atomic E-state index is 10.2. The second kappa shape index (κ2) is 23.1. The molecule has 0 aliphatic carbocycles. The molecule has 1 unspecified atom stereocenters. The number of rotatable bonds is 11. The summed E-state index contributed by atoms with van der Waals surface area (Å²) in [6.07, 6.45) is 0.374. The van der Waals surface area contributed by atoms with E-state index in [2.05, 4.69) is 34.2 Å². The first-order valence-electron chi connectivity index (χ1n) is 20.3. The van der Waals surface area contributed by atoms with Crippen molar-refractivity contribution in [1.29, 1.82) is 0 Å². The first-order chi connectivity index (χ1) is 31.0. The zero-order valence-corrected chi connectivity index (χ0v) is 38.5. The average molecular weight is 1050 g/mol. The quantitative estimate of drug-likeness (QED) is 0.0992. The second-order valence-electron chi connectivity index (χ2n) is 14.1. The van der Waals surface area contributed by atoms with Gasteiger partial charge in [0.25, 0.3) is 0 Å². The third-order valence-electron chi connectivity index (χ3n) is 9.58. The summed E-state index contributed by atoms with van der Waals surface area (Å²) < 4.78 is 13.7. The third kappa shape index (κ3) is 12.7. The molecule has 10 rings (SSSR count). The maximum Gasteiger partial charge on any atom is 0.145 e. The van der Waals surface area contributed by atoms with Crippen molar-refractivity contribution in [3.63, 3.8) is 0 Å². The van der Waals surface area contributed by atoms with Gasteiger partial charge in [-0.3, -0.25) is 9.97 Å². The fourth-order valence-corrected chi connectivity index (χ4v) is 8.34. The number of aromatic nitrogens is 2. The summed E-state index contributed by atoms with van der Waals surface area (Å²) in [6, 6.07) is 74.1. The van der Waals surface area contributed by atoms with Gasteiger partial charge in [-0.05, 0) is 76.9 Å². The van der Waals surface area contributed by atoms with E-state index in [0.29, 0.717) is 11.5 Å². The predicted molar refractivity (Wildman–Crippen MR) is 259 cm³/mol. The summed E-state index contributed by atoms with van der Waals surface area (Å²) in [7, 11) is 0. The molecule has 6 nitrogen and oxygen atoms in total. The van der Waals surface area contributed by atoms with Crippen LogP contribution in [0, 0.1) is 12.1 Å². The topological polar surface area (TPSA) is 84.7 Å². The van der Waals surface area contributed by atoms with Gasteiger partial charge < -0.3 is 19.7 Å². The Kier molecular flexibility index (Phi) is 16.4. The molecule has 0 aliphatic rings. The smallest absolute Gasteiger partial charge is 0.145 e. The van der Waals surface area contributed by atoms with Crippen molar-refractivity contribution in [2.45, 2.75) is 6.10 Å². The summed E-state index contributed by atoms with van der Waals surface area (Å²) in [5.41, 5.74) is 8.71. The van der Waals surface area contributed by atoms with Crippen molar-refractivity contribution in [2.24, 2.45) is 0 Å². The Balaban J connectivity index is 0.000000162. The average Bonchev–Trinajstić information content (AvgIpc) is 4.00. The van der Waals surface area contributed by atoms with Crippen LogP contribution in [0.4, 0.5) is 0 Å². The van der Waals surface area contributed by atoms with Gasteiger partial charge in [-0.2, -0.15) is 22.7 Å². The number of aliphatic hydroxyl groups excluding tert-OH is 2. The van der Waals surface area contributed by atoms with Gasteiger partial charge in [0.05, 0.1) is 11.0 Å². The minimum atomic E-state index is -0.956. The Hall–Kier alpha value is -6.71. The van der Waals surface area contributed by atoms with Crippen LogP contribution in [-0.4, -0.2) is 39.5 Å². The van der Waals surface area contributed by atoms with Crippen LogP contribution in [0.1, 0.15) is 0 Å². The van der Waals surface area contributed by atoms with Gasteiger partial charge in [0.2, 0.25) is 0 Å². The van der Waals surface area contributed by atoms with Crippen LogP contribution in [-0.2, 0) is 20.1 Å². The number of hydrogen-bond acceptors (Lipinski definition) is 8. The Morgan fingerprint density at radius 2 is 0.906 bits per heavy atom. The molecule has 0 amide bonds. The van der Waals surface area contributed by atoms with Crippen molar-refractivity contribution < 1.29 is 39.8 Å². The van der Waals surface area contributed by atoms with E-state index in [4.69, 9.17) is 9.47 Å². The molecular formula is C55H42IrN2O4S2-2. The Bertz CT molecular complexity index is 2790. The minimum absolute atomic E-state index is 0. The van der Waals surface area contributed by atoms with Crippen LogP contribution < -0.4 is 9.47 Å². The van der Waals surface area contributed by atoms with E-state index in [1.807, 2.05) is 194 Å². The van der Waals surface area contributed by atoms with E-state index in [9.17, 15) is 10.2 Å². The minimum Gasteiger partial charge on any atom is -0.509 e. The van der Waals surface area contributed by atoms with Crippen molar-refractivity contribution in [3.8, 4) is 54.9 Å². The van der Waals surface area contributed by atoms with Gasteiger partial charge >= 0.3 is 0 Å². The summed E-state index contributed by atoms with van der Waals surface area (Å²) in [6.45, 7) is -0.00592. The van der Waals surface area contributed by atoms with Crippen LogP contribution in [0.15, 0.2) is 218 Å². The van der Waals surface area contributed by atoms with Crippen LogP contribution in [0.5, 0.6) is 11.5 Å². The summed E-state index contributed by atoms with van der Waals surface area (Å²) >= 11 is 3.42. The number of fused-ring (bicyclic) bond motifs is 2. The zero-order valence-electron chi connectivity index (χ0n) is 34.5. The van der Waals surface area contributed by atoms with Gasteiger partial charge in [-0.25, -0.2) is 0 Å². The molecule has 0 saturated heterocycles. The van der Waals surface area contributed by atoms with Crippen LogP contribution in [0.2, 0.25) is 0 Å². The largest absolute Gasteiger partial charge is 0.509 e. The van der Waals surface area contributed by atoms with Crippen molar-refractivity contribution in [1.82, 2.24) is 9.97 Å². The molecule has 0 aliphatic heterocycles. The molecule has 0 fully saturated rings. The molecule has 1 radical (unpaired) electrons. The summed E-state index contributed by atoms with van der Waals surface area (Å²) in [5, 5.41) is 22.3. The van der Waals surface area contributed by atoms with Gasteiger partial charge in [0.1, 0.15) is 36.6 Å². The molecule has 2 aromatic heterocycles. The standard InChI is InChI=1S/C29H26O4.2C13H8NS.Ir/c30-26(20-32-28-15-11-24(12-16-28)22-7-3-1-4-8-22)19-27(31)21-33-29-17-13-25(14-18-29)23-9-5-2-6-10-23;2*1-2-6-10(7-3-1)13-14-11-8-4-5-9-12(11)15-13;/h1-19,26,30-31H,20-21H2;2*1-6,8-9H;/q;2*-1;/b27-19-;;;. The van der Waals surface area contributed by atoms with Gasteiger partial charge in [0, 0.05) is 39.5 Å². The zero-order chi connectivity index (χ0) is 43.1. The molecule has 0 spiro atoms. The number of para-hydroxylation sites is 2. The van der Waals surface area contributed by atoms with Crippen molar-refractivity contribution >= 4 is 43.1 Å².